The van der Waals surface area contributed by atoms with Crippen molar-refractivity contribution in [1.29, 1.82) is 0 Å². The van der Waals surface area contributed by atoms with E-state index in [1.54, 1.807) is 0 Å². The van der Waals surface area contributed by atoms with Crippen molar-refractivity contribution in [3.8, 4) is 0 Å². The molecule has 2 nitrogen and oxygen atoms in total. The zero-order chi connectivity index (χ0) is 10.7. The fourth-order valence-corrected chi connectivity index (χ4v) is 1.52. The molecule has 0 saturated carbocycles. The maximum Gasteiger partial charge on any atom is 0.335 e. The van der Waals surface area contributed by atoms with Gasteiger partial charge in [-0.3, -0.25) is 0 Å². The first-order valence-corrected chi connectivity index (χ1v) is 4.65. The van der Waals surface area contributed by atoms with Crippen LogP contribution in [0.25, 0.3) is 0 Å². The topological polar surface area (TPSA) is 37.3 Å². The molecule has 0 spiro atoms. The summed E-state index contributed by atoms with van der Waals surface area (Å²) in [7, 11) is 0. The predicted molar refractivity (Wildman–Crippen MR) is 52.4 cm³/mol. The molecule has 1 rings (SSSR count). The molecule has 14 heavy (non-hydrogen) atoms. The Morgan fingerprint density at radius 3 is 2.64 bits per heavy atom. The monoisotopic (exact) mass is 216 g/mol. The van der Waals surface area contributed by atoms with E-state index in [1.807, 2.05) is 6.92 Å². The Morgan fingerprint density at radius 2 is 2.21 bits per heavy atom. The molecule has 0 heterocycles. The van der Waals surface area contributed by atoms with Crippen molar-refractivity contribution in [2.45, 2.75) is 19.8 Å². The zero-order valence-corrected chi connectivity index (χ0v) is 8.44. The lowest BCUT2D eigenvalue weighted by atomic mass is 10.1. The van der Waals surface area contributed by atoms with E-state index in [1.165, 1.54) is 6.07 Å². The lowest BCUT2D eigenvalue weighted by molar-refractivity contribution is 0.0696. The average Bonchev–Trinajstić information content (AvgIpc) is 2.10. The van der Waals surface area contributed by atoms with Crippen molar-refractivity contribution in [1.82, 2.24) is 0 Å². The molecule has 1 N–H and O–H groups in total. The van der Waals surface area contributed by atoms with Crippen LogP contribution in [0.15, 0.2) is 12.1 Å². The predicted octanol–water partition coefficient (Wildman–Crippen LogP) is 3.13. The summed E-state index contributed by atoms with van der Waals surface area (Å²) in [6, 6.07) is 2.27. The second-order valence-electron chi connectivity index (χ2n) is 2.97. The van der Waals surface area contributed by atoms with Gasteiger partial charge in [0.1, 0.15) is 5.82 Å². The third-order valence-corrected chi connectivity index (χ3v) is 2.23. The van der Waals surface area contributed by atoms with E-state index >= 15 is 0 Å². The van der Waals surface area contributed by atoms with E-state index in [-0.39, 0.29) is 10.6 Å². The Bertz CT molecular complexity index is 340. The van der Waals surface area contributed by atoms with E-state index in [9.17, 15) is 9.18 Å². The molecule has 0 unspecified atom stereocenters. The van der Waals surface area contributed by atoms with Gasteiger partial charge in [0.05, 0.1) is 5.56 Å². The lowest BCUT2D eigenvalue weighted by Crippen LogP contribution is -2.00. The van der Waals surface area contributed by atoms with Gasteiger partial charge in [0.15, 0.2) is 0 Å². The first-order chi connectivity index (χ1) is 6.56. The van der Waals surface area contributed by atoms with Gasteiger partial charge in [-0.1, -0.05) is 24.9 Å². The molecule has 0 aliphatic heterocycles. The number of hydrogen-bond donors (Lipinski definition) is 1. The van der Waals surface area contributed by atoms with E-state index in [0.717, 1.165) is 12.5 Å². The van der Waals surface area contributed by atoms with Gasteiger partial charge >= 0.3 is 5.97 Å². The number of halogens is 2. The normalized spacial score (nSPS) is 10.2. The maximum absolute atomic E-state index is 13.3. The minimum absolute atomic E-state index is 0.118. The number of hydrogen-bond acceptors (Lipinski definition) is 1. The zero-order valence-electron chi connectivity index (χ0n) is 7.68. The first kappa shape index (κ1) is 11.0. The van der Waals surface area contributed by atoms with E-state index < -0.39 is 11.8 Å². The number of aromatic carboxylic acids is 1. The van der Waals surface area contributed by atoms with Crippen LogP contribution < -0.4 is 0 Å². The summed E-state index contributed by atoms with van der Waals surface area (Å²) in [6.07, 6.45) is 1.29. The molecule has 0 bridgehead atoms. The molecule has 0 radical (unpaired) electrons. The Kier molecular flexibility index (Phi) is 3.47. The van der Waals surface area contributed by atoms with Gasteiger partial charge in [0.2, 0.25) is 0 Å². The molecular formula is C10H10ClFO2. The highest BCUT2D eigenvalue weighted by atomic mass is 35.5. The third kappa shape index (κ3) is 2.23. The highest BCUT2D eigenvalue weighted by molar-refractivity contribution is 6.31. The quantitative estimate of drug-likeness (QED) is 0.843. The number of benzene rings is 1. The molecule has 0 atom stereocenters. The van der Waals surface area contributed by atoms with Crippen LogP contribution in [0.2, 0.25) is 5.02 Å². The summed E-state index contributed by atoms with van der Waals surface area (Å²) in [6.45, 7) is 1.90. The van der Waals surface area contributed by atoms with Crippen LogP contribution in [0, 0.1) is 5.82 Å². The van der Waals surface area contributed by atoms with Crippen molar-refractivity contribution in [2.75, 3.05) is 0 Å². The molecule has 0 aromatic heterocycles. The van der Waals surface area contributed by atoms with Crippen LogP contribution in [0.4, 0.5) is 4.39 Å². The fourth-order valence-electron chi connectivity index (χ4n) is 1.22. The van der Waals surface area contributed by atoms with Crippen LogP contribution in [0.5, 0.6) is 0 Å². The Hall–Kier alpha value is -1.09. The summed E-state index contributed by atoms with van der Waals surface area (Å²) in [5.41, 5.74) is 0.270. The Labute approximate surface area is 86.3 Å². The van der Waals surface area contributed by atoms with Gasteiger partial charge in [-0.15, -0.1) is 0 Å². The lowest BCUT2D eigenvalue weighted by Gasteiger charge is -2.05. The SMILES string of the molecule is CCCc1c(F)cc(C(=O)O)cc1Cl. The summed E-state index contributed by atoms with van der Waals surface area (Å²) in [4.78, 5) is 10.5. The van der Waals surface area contributed by atoms with Crippen molar-refractivity contribution < 1.29 is 14.3 Å². The molecule has 1 aromatic rings. The second kappa shape index (κ2) is 4.42. The molecule has 1 aromatic carbocycles. The van der Waals surface area contributed by atoms with Crippen molar-refractivity contribution >= 4 is 17.6 Å². The molecule has 0 fully saturated rings. The largest absolute Gasteiger partial charge is 0.478 e. The number of carboxylic acid groups (broad SMARTS) is 1. The number of rotatable bonds is 3. The van der Waals surface area contributed by atoms with Gasteiger partial charge < -0.3 is 5.11 Å². The van der Waals surface area contributed by atoms with Crippen LogP contribution in [-0.4, -0.2) is 11.1 Å². The van der Waals surface area contributed by atoms with Gasteiger partial charge in [-0.2, -0.15) is 0 Å². The highest BCUT2D eigenvalue weighted by Crippen LogP contribution is 2.22. The van der Waals surface area contributed by atoms with Crippen molar-refractivity contribution in [3.05, 3.63) is 34.1 Å². The van der Waals surface area contributed by atoms with E-state index in [2.05, 4.69) is 0 Å². The summed E-state index contributed by atoms with van der Waals surface area (Å²) < 4.78 is 13.3. The number of carbonyl (C=O) groups is 1. The number of carboxylic acids is 1. The Balaban J connectivity index is 3.18. The summed E-state index contributed by atoms with van der Waals surface area (Å²) in [5.74, 6) is -1.72. The minimum atomic E-state index is -1.17. The van der Waals surface area contributed by atoms with E-state index in [4.69, 9.17) is 16.7 Å². The Morgan fingerprint density at radius 1 is 1.57 bits per heavy atom. The molecule has 4 heteroatoms. The first-order valence-electron chi connectivity index (χ1n) is 4.27. The fraction of sp³-hybridized carbons (Fsp3) is 0.300. The summed E-state index contributed by atoms with van der Waals surface area (Å²) in [5, 5.41) is 8.81. The van der Waals surface area contributed by atoms with Crippen LogP contribution >= 0.6 is 11.6 Å². The van der Waals surface area contributed by atoms with Crippen LogP contribution in [-0.2, 0) is 6.42 Å². The third-order valence-electron chi connectivity index (χ3n) is 1.89. The summed E-state index contributed by atoms with van der Waals surface area (Å²) >= 11 is 5.75. The van der Waals surface area contributed by atoms with Crippen molar-refractivity contribution in [3.63, 3.8) is 0 Å². The molecule has 0 aliphatic carbocycles. The second-order valence-corrected chi connectivity index (χ2v) is 3.38. The van der Waals surface area contributed by atoms with Gasteiger partial charge in [0, 0.05) is 10.6 Å². The van der Waals surface area contributed by atoms with Crippen molar-refractivity contribution in [2.24, 2.45) is 0 Å². The molecular weight excluding hydrogens is 207 g/mol. The van der Waals surface area contributed by atoms with Gasteiger partial charge in [-0.25, -0.2) is 9.18 Å². The average molecular weight is 217 g/mol. The van der Waals surface area contributed by atoms with Crippen LogP contribution in [0.1, 0.15) is 29.3 Å². The maximum atomic E-state index is 13.3. The smallest absolute Gasteiger partial charge is 0.335 e. The van der Waals surface area contributed by atoms with Crippen LogP contribution in [0.3, 0.4) is 0 Å². The molecule has 0 aliphatic rings. The highest BCUT2D eigenvalue weighted by Gasteiger charge is 2.12. The molecule has 0 amide bonds. The van der Waals surface area contributed by atoms with E-state index in [0.29, 0.717) is 12.0 Å². The molecule has 76 valence electrons. The molecule has 0 saturated heterocycles. The van der Waals surface area contributed by atoms with Gasteiger partial charge in [0.25, 0.3) is 0 Å². The minimum Gasteiger partial charge on any atom is -0.478 e. The van der Waals surface area contributed by atoms with Gasteiger partial charge in [-0.05, 0) is 18.6 Å². The standard InChI is InChI=1S/C10H10ClFO2/c1-2-3-7-8(11)4-6(10(13)14)5-9(7)12/h4-5H,2-3H2,1H3,(H,13,14).